The highest BCUT2D eigenvalue weighted by Gasteiger charge is 2.30. The Labute approximate surface area is 265 Å². The van der Waals surface area contributed by atoms with Crippen LogP contribution in [0.15, 0.2) is 55.5 Å². The number of ether oxygens (including phenoxy) is 1. The number of nitrogens with one attached hydrogen (secondary N) is 2. The zero-order chi connectivity index (χ0) is 31.3. The van der Waals surface area contributed by atoms with Crippen LogP contribution in [0.2, 0.25) is 0 Å². The highest BCUT2D eigenvalue weighted by atomic mass is 16.7. The SMILES string of the molecule is C=CC(=O)Nc1cc(Nc2cc(N3OCC[C@@H]3c3ccc(C)nc3)ncn2)c(OC)cc1N1CCC(N2CCN(C)CC2)CC1. The molecule has 0 aliphatic carbocycles. The van der Waals surface area contributed by atoms with E-state index < -0.39 is 0 Å². The van der Waals surface area contributed by atoms with Gasteiger partial charge >= 0.3 is 0 Å². The van der Waals surface area contributed by atoms with Crippen LogP contribution in [0.25, 0.3) is 0 Å². The van der Waals surface area contributed by atoms with E-state index in [1.165, 1.54) is 12.4 Å². The fourth-order valence-electron chi connectivity index (χ4n) is 6.39. The Kier molecular flexibility index (Phi) is 9.43. The average Bonchev–Trinajstić information content (AvgIpc) is 3.56. The number of hydrogen-bond donors (Lipinski definition) is 2. The number of aryl methyl sites for hydroxylation is 1. The number of pyridine rings is 1. The predicted octanol–water partition coefficient (Wildman–Crippen LogP) is 4.16. The number of anilines is 5. The van der Waals surface area contributed by atoms with E-state index in [0.29, 0.717) is 41.4 Å². The molecule has 0 radical (unpaired) electrons. The molecule has 0 unspecified atom stereocenters. The van der Waals surface area contributed by atoms with E-state index >= 15 is 0 Å². The number of amides is 1. The van der Waals surface area contributed by atoms with E-state index in [-0.39, 0.29) is 11.9 Å². The first-order valence-corrected chi connectivity index (χ1v) is 15.7. The van der Waals surface area contributed by atoms with Crippen LogP contribution in [0.4, 0.5) is 28.7 Å². The fraction of sp³-hybridized carbons (Fsp3) is 0.455. The van der Waals surface area contributed by atoms with E-state index in [0.717, 1.165) is 75.5 Å². The Bertz CT molecular complexity index is 1490. The molecular formula is C33H43N9O3. The second-order valence-corrected chi connectivity index (χ2v) is 11.9. The van der Waals surface area contributed by atoms with Gasteiger partial charge in [-0.2, -0.15) is 0 Å². The number of piperidine rings is 1. The van der Waals surface area contributed by atoms with Crippen molar-refractivity contribution >= 4 is 34.6 Å². The second-order valence-electron chi connectivity index (χ2n) is 11.9. The number of carbonyl (C=O) groups is 1. The summed E-state index contributed by atoms with van der Waals surface area (Å²) in [6.07, 6.45) is 7.66. The largest absolute Gasteiger partial charge is 0.494 e. The predicted molar refractivity (Wildman–Crippen MR) is 176 cm³/mol. The molecule has 1 amide bonds. The molecule has 2 aromatic heterocycles. The minimum Gasteiger partial charge on any atom is -0.494 e. The molecule has 1 atom stereocenters. The van der Waals surface area contributed by atoms with Crippen LogP contribution in [-0.4, -0.2) is 96.7 Å². The summed E-state index contributed by atoms with van der Waals surface area (Å²) >= 11 is 0. The van der Waals surface area contributed by atoms with Crippen LogP contribution < -0.4 is 25.3 Å². The fourth-order valence-corrected chi connectivity index (χ4v) is 6.39. The third-order valence-electron chi connectivity index (χ3n) is 8.99. The summed E-state index contributed by atoms with van der Waals surface area (Å²) in [7, 11) is 3.84. The molecule has 3 aromatic rings. The van der Waals surface area contributed by atoms with E-state index in [2.05, 4.69) is 60.0 Å². The van der Waals surface area contributed by atoms with Crippen molar-refractivity contribution in [1.29, 1.82) is 0 Å². The van der Waals surface area contributed by atoms with Crippen molar-refractivity contribution in [3.05, 3.63) is 66.8 Å². The Balaban J connectivity index is 1.22. The molecule has 2 N–H and O–H groups in total. The molecule has 12 heteroatoms. The van der Waals surface area contributed by atoms with Crippen molar-refractivity contribution in [2.75, 3.05) is 80.6 Å². The van der Waals surface area contributed by atoms with Gasteiger partial charge in [0.25, 0.3) is 0 Å². The van der Waals surface area contributed by atoms with Crippen LogP contribution in [0.3, 0.4) is 0 Å². The van der Waals surface area contributed by atoms with Crippen LogP contribution >= 0.6 is 0 Å². The van der Waals surface area contributed by atoms with Gasteiger partial charge in [-0.3, -0.25) is 19.5 Å². The Morgan fingerprint density at radius 1 is 1.02 bits per heavy atom. The monoisotopic (exact) mass is 613 g/mol. The number of hydroxylamine groups is 1. The lowest BCUT2D eigenvalue weighted by Gasteiger charge is -2.43. The van der Waals surface area contributed by atoms with Crippen molar-refractivity contribution < 1.29 is 14.4 Å². The molecule has 12 nitrogen and oxygen atoms in total. The van der Waals surface area contributed by atoms with Crippen molar-refractivity contribution in [3.8, 4) is 5.75 Å². The van der Waals surface area contributed by atoms with E-state index in [1.807, 2.05) is 42.4 Å². The van der Waals surface area contributed by atoms with E-state index in [4.69, 9.17) is 9.57 Å². The van der Waals surface area contributed by atoms with E-state index in [9.17, 15) is 4.79 Å². The number of carbonyl (C=O) groups excluding carboxylic acids is 1. The summed E-state index contributed by atoms with van der Waals surface area (Å²) < 4.78 is 5.86. The van der Waals surface area contributed by atoms with Gasteiger partial charge < -0.3 is 25.2 Å². The summed E-state index contributed by atoms with van der Waals surface area (Å²) in [6.45, 7) is 12.5. The minimum atomic E-state index is -0.271. The molecule has 0 saturated carbocycles. The van der Waals surface area contributed by atoms with Gasteiger partial charge in [0.1, 0.15) is 17.9 Å². The third kappa shape index (κ3) is 7.03. The first-order valence-electron chi connectivity index (χ1n) is 15.7. The lowest BCUT2D eigenvalue weighted by Crippen LogP contribution is -2.52. The Morgan fingerprint density at radius 2 is 1.82 bits per heavy atom. The van der Waals surface area contributed by atoms with Gasteiger partial charge in [-0.15, -0.1) is 0 Å². The topological polar surface area (TPSA) is 111 Å². The molecule has 1 aromatic carbocycles. The number of methoxy groups -OCH3 is 1. The molecule has 45 heavy (non-hydrogen) atoms. The van der Waals surface area contributed by atoms with Gasteiger partial charge in [0.05, 0.1) is 36.8 Å². The molecule has 5 heterocycles. The molecule has 3 aliphatic rings. The Morgan fingerprint density at radius 3 is 2.53 bits per heavy atom. The molecule has 3 aliphatic heterocycles. The maximum atomic E-state index is 12.5. The van der Waals surface area contributed by atoms with Gasteiger partial charge in [0.2, 0.25) is 5.91 Å². The quantitative estimate of drug-likeness (QED) is 0.340. The van der Waals surface area contributed by atoms with E-state index in [1.54, 1.807) is 7.11 Å². The highest BCUT2D eigenvalue weighted by Crippen LogP contribution is 2.40. The molecule has 3 saturated heterocycles. The summed E-state index contributed by atoms with van der Waals surface area (Å²) in [6, 6.07) is 10.4. The number of nitrogens with zero attached hydrogens (tertiary/aromatic N) is 7. The second kappa shape index (κ2) is 13.8. The first kappa shape index (κ1) is 30.8. The maximum Gasteiger partial charge on any atom is 0.247 e. The normalized spacial score (nSPS) is 19.8. The molecular weight excluding hydrogens is 570 g/mol. The van der Waals surface area contributed by atoms with Crippen LogP contribution in [0, 0.1) is 6.92 Å². The number of aromatic nitrogens is 3. The number of benzene rings is 1. The molecule has 0 bridgehead atoms. The van der Waals surface area contributed by atoms with Gasteiger partial charge in [-0.05, 0) is 50.6 Å². The number of rotatable bonds is 9. The van der Waals surface area contributed by atoms with Gasteiger partial charge in [-0.25, -0.2) is 15.0 Å². The summed E-state index contributed by atoms with van der Waals surface area (Å²) in [5.74, 6) is 1.57. The molecule has 238 valence electrons. The lowest BCUT2D eigenvalue weighted by molar-refractivity contribution is -0.111. The van der Waals surface area contributed by atoms with Gasteiger partial charge in [0.15, 0.2) is 5.82 Å². The van der Waals surface area contributed by atoms with Crippen LogP contribution in [0.1, 0.15) is 36.6 Å². The number of hydrogen-bond acceptors (Lipinski definition) is 11. The summed E-state index contributed by atoms with van der Waals surface area (Å²) in [5.41, 5.74) is 4.31. The highest BCUT2D eigenvalue weighted by molar-refractivity contribution is 6.02. The van der Waals surface area contributed by atoms with Crippen LogP contribution in [0.5, 0.6) is 5.75 Å². The van der Waals surface area contributed by atoms with Crippen molar-refractivity contribution in [2.24, 2.45) is 0 Å². The minimum absolute atomic E-state index is 0.00391. The zero-order valence-corrected chi connectivity index (χ0v) is 26.4. The average molecular weight is 614 g/mol. The molecule has 3 fully saturated rings. The van der Waals surface area contributed by atoms with Crippen molar-refractivity contribution in [1.82, 2.24) is 24.8 Å². The maximum absolute atomic E-state index is 12.5. The van der Waals surface area contributed by atoms with Crippen molar-refractivity contribution in [3.63, 3.8) is 0 Å². The number of likely N-dealkylation sites (N-methyl/N-ethyl adjacent to an activating group) is 1. The summed E-state index contributed by atoms with van der Waals surface area (Å²) in [5, 5.41) is 8.23. The standard InChI is InChI=1S/C33H43N9O3/c1-5-33(43)38-26-18-27(30(44-4)19-29(26)41-11-8-25(9-12-41)40-15-13-39(3)14-16-40)37-31-20-32(36-22-35-31)42-28(10-17-45-42)24-7-6-23(2)34-21-24/h5-7,18-22,25,28H,1,8-17H2,2-4H3,(H,38,43)(H,35,36,37)/t28-/m1/s1. The lowest BCUT2D eigenvalue weighted by atomic mass is 10.0. The van der Waals surface area contributed by atoms with Gasteiger partial charge in [-0.1, -0.05) is 12.6 Å². The van der Waals surface area contributed by atoms with Crippen molar-refractivity contribution in [2.45, 2.75) is 38.3 Å². The molecule has 0 spiro atoms. The smallest absolute Gasteiger partial charge is 0.247 e. The zero-order valence-electron chi connectivity index (χ0n) is 26.4. The third-order valence-corrected chi connectivity index (χ3v) is 8.99. The first-order chi connectivity index (χ1) is 21.9. The summed E-state index contributed by atoms with van der Waals surface area (Å²) in [4.78, 5) is 39.3. The molecule has 6 rings (SSSR count). The Hall–Kier alpha value is -4.26. The van der Waals surface area contributed by atoms with Gasteiger partial charge in [0, 0.05) is 75.8 Å². The van der Waals surface area contributed by atoms with Crippen LogP contribution in [-0.2, 0) is 9.63 Å². The number of piperazine rings is 1.